The number of likely N-dealkylation sites (N-methyl/N-ethyl adjacent to an activating group) is 1. The maximum absolute atomic E-state index is 12.8. The van der Waals surface area contributed by atoms with Crippen LogP contribution in [0.4, 0.5) is 0 Å². The van der Waals surface area contributed by atoms with Crippen molar-refractivity contribution in [1.82, 2.24) is 20.2 Å². The van der Waals surface area contributed by atoms with E-state index in [0.717, 1.165) is 18.5 Å². The first-order valence-corrected chi connectivity index (χ1v) is 12.3. The van der Waals surface area contributed by atoms with Crippen LogP contribution >= 0.6 is 0 Å². The molecule has 6 heteroatoms. The Morgan fingerprint density at radius 1 is 1.19 bits per heavy atom. The van der Waals surface area contributed by atoms with Gasteiger partial charge in [0.25, 0.3) is 0 Å². The van der Waals surface area contributed by atoms with Gasteiger partial charge in [-0.3, -0.25) is 9.59 Å². The molecule has 172 valence electrons. The molecule has 1 aromatic heterocycles. The molecular formula is C26H36N4O2. The van der Waals surface area contributed by atoms with E-state index in [1.165, 1.54) is 32.0 Å². The van der Waals surface area contributed by atoms with Crippen molar-refractivity contribution in [2.24, 2.45) is 34.5 Å². The molecule has 2 amide bonds. The second-order valence-corrected chi connectivity index (χ2v) is 11.1. The Morgan fingerprint density at radius 2 is 2.03 bits per heavy atom. The summed E-state index contributed by atoms with van der Waals surface area (Å²) in [6, 6.07) is 2.17. The molecule has 0 aromatic carbocycles. The summed E-state index contributed by atoms with van der Waals surface area (Å²) in [5.74, 6) is 2.78. The van der Waals surface area contributed by atoms with E-state index in [1.807, 2.05) is 24.1 Å². The molecule has 5 rings (SSSR count). The first-order valence-electron chi connectivity index (χ1n) is 12.3. The predicted molar refractivity (Wildman–Crippen MR) is 122 cm³/mol. The minimum Gasteiger partial charge on any atom is -0.350 e. The van der Waals surface area contributed by atoms with Crippen molar-refractivity contribution in [3.8, 4) is 0 Å². The largest absolute Gasteiger partial charge is 0.350 e. The highest BCUT2D eigenvalue weighted by atomic mass is 16.2. The quantitative estimate of drug-likeness (QED) is 0.780. The smallest absolute Gasteiger partial charge is 0.246 e. The molecule has 32 heavy (non-hydrogen) atoms. The average Bonchev–Trinajstić information content (AvgIpc) is 3.12. The lowest BCUT2D eigenvalue weighted by molar-refractivity contribution is -0.139. The first-order chi connectivity index (χ1) is 15.3. The Morgan fingerprint density at radius 3 is 2.81 bits per heavy atom. The molecule has 1 aromatic rings. The van der Waals surface area contributed by atoms with Crippen LogP contribution in [-0.4, -0.2) is 39.8 Å². The number of carbonyl (C=O) groups excluding carboxylic acids is 2. The summed E-state index contributed by atoms with van der Waals surface area (Å²) in [6.07, 6.45) is 15.0. The van der Waals surface area contributed by atoms with E-state index in [9.17, 15) is 9.59 Å². The summed E-state index contributed by atoms with van der Waals surface area (Å²) in [7, 11) is 1.98. The Kier molecular flexibility index (Phi) is 5.37. The third kappa shape index (κ3) is 3.37. The maximum Gasteiger partial charge on any atom is 0.246 e. The molecule has 7 atom stereocenters. The van der Waals surface area contributed by atoms with Crippen LogP contribution in [0.3, 0.4) is 0 Å². The number of carbonyl (C=O) groups is 2. The van der Waals surface area contributed by atoms with Gasteiger partial charge in [0.2, 0.25) is 11.8 Å². The van der Waals surface area contributed by atoms with Gasteiger partial charge in [-0.2, -0.15) is 0 Å². The van der Waals surface area contributed by atoms with Crippen LogP contribution in [0.2, 0.25) is 0 Å². The van der Waals surface area contributed by atoms with E-state index in [2.05, 4.69) is 35.2 Å². The van der Waals surface area contributed by atoms with Crippen LogP contribution < -0.4 is 5.32 Å². The lowest BCUT2D eigenvalue weighted by Crippen LogP contribution is -2.59. The summed E-state index contributed by atoms with van der Waals surface area (Å²) in [5, 5.41) is 3.07. The zero-order valence-electron chi connectivity index (χ0n) is 19.6. The van der Waals surface area contributed by atoms with Gasteiger partial charge in [0.05, 0.1) is 12.2 Å². The van der Waals surface area contributed by atoms with Gasteiger partial charge in [0.15, 0.2) is 0 Å². The minimum absolute atomic E-state index is 0.0832. The second-order valence-electron chi connectivity index (χ2n) is 11.1. The molecule has 0 bridgehead atoms. The molecule has 1 N–H and O–H groups in total. The van der Waals surface area contributed by atoms with Crippen molar-refractivity contribution in [1.29, 1.82) is 0 Å². The van der Waals surface area contributed by atoms with Gasteiger partial charge in [0, 0.05) is 31.1 Å². The molecule has 0 unspecified atom stereocenters. The van der Waals surface area contributed by atoms with E-state index in [4.69, 9.17) is 0 Å². The van der Waals surface area contributed by atoms with Crippen molar-refractivity contribution >= 4 is 11.8 Å². The second kappa shape index (κ2) is 7.96. The van der Waals surface area contributed by atoms with Crippen molar-refractivity contribution < 1.29 is 9.59 Å². The maximum atomic E-state index is 12.8. The Labute approximate surface area is 191 Å². The molecule has 0 radical (unpaired) electrons. The molecule has 3 aliphatic carbocycles. The molecule has 6 nitrogen and oxygen atoms in total. The molecule has 0 saturated heterocycles. The van der Waals surface area contributed by atoms with Gasteiger partial charge >= 0.3 is 0 Å². The minimum atomic E-state index is 0.0832. The van der Waals surface area contributed by atoms with Crippen LogP contribution in [0.5, 0.6) is 0 Å². The van der Waals surface area contributed by atoms with Gasteiger partial charge in [-0.25, -0.2) is 9.97 Å². The highest BCUT2D eigenvalue weighted by Crippen LogP contribution is 2.65. The van der Waals surface area contributed by atoms with Crippen molar-refractivity contribution in [2.45, 2.75) is 71.4 Å². The highest BCUT2D eigenvalue weighted by molar-refractivity contribution is 5.89. The van der Waals surface area contributed by atoms with Crippen LogP contribution in [0.1, 0.15) is 64.5 Å². The molecule has 4 aliphatic rings. The molecule has 2 heterocycles. The fourth-order valence-electron chi connectivity index (χ4n) is 8.09. The predicted octanol–water partition coefficient (Wildman–Crippen LogP) is 3.74. The Hall–Kier alpha value is -2.24. The monoisotopic (exact) mass is 436 g/mol. The number of nitrogens with zero attached hydrogens (tertiary/aromatic N) is 3. The fourth-order valence-corrected chi connectivity index (χ4v) is 8.09. The van der Waals surface area contributed by atoms with E-state index in [-0.39, 0.29) is 22.6 Å². The number of hydrogen-bond donors (Lipinski definition) is 1. The van der Waals surface area contributed by atoms with Crippen molar-refractivity contribution in [3.05, 3.63) is 36.4 Å². The van der Waals surface area contributed by atoms with Gasteiger partial charge in [-0.05, 0) is 79.8 Å². The zero-order valence-corrected chi connectivity index (χ0v) is 19.6. The lowest BCUT2D eigenvalue weighted by Gasteiger charge is -2.60. The molecule has 1 aliphatic heterocycles. The van der Waals surface area contributed by atoms with Crippen molar-refractivity contribution in [2.75, 3.05) is 7.05 Å². The van der Waals surface area contributed by atoms with Gasteiger partial charge in [-0.15, -0.1) is 0 Å². The third-order valence-electron chi connectivity index (χ3n) is 9.87. The summed E-state index contributed by atoms with van der Waals surface area (Å²) >= 11 is 0. The number of nitrogens with one attached hydrogen (secondary N) is 1. The van der Waals surface area contributed by atoms with Crippen LogP contribution in [0, 0.1) is 34.5 Å². The number of rotatable bonds is 4. The normalized spacial score (nSPS) is 40.4. The van der Waals surface area contributed by atoms with Crippen LogP contribution in [0.25, 0.3) is 0 Å². The Balaban J connectivity index is 1.27. The third-order valence-corrected chi connectivity index (χ3v) is 9.87. The summed E-state index contributed by atoms with van der Waals surface area (Å²) in [6.45, 7) is 5.32. The van der Waals surface area contributed by atoms with Crippen molar-refractivity contribution in [3.63, 3.8) is 0 Å². The van der Waals surface area contributed by atoms with Crippen LogP contribution in [0.15, 0.2) is 30.7 Å². The van der Waals surface area contributed by atoms with E-state index in [0.29, 0.717) is 42.7 Å². The van der Waals surface area contributed by atoms with Gasteiger partial charge < -0.3 is 10.2 Å². The summed E-state index contributed by atoms with van der Waals surface area (Å²) in [5.41, 5.74) is 1.18. The molecular weight excluding hydrogens is 400 g/mol. The summed E-state index contributed by atoms with van der Waals surface area (Å²) in [4.78, 5) is 35.2. The van der Waals surface area contributed by atoms with Gasteiger partial charge in [0.1, 0.15) is 6.33 Å². The molecule has 0 spiro atoms. The fraction of sp³-hybridized carbons (Fsp3) is 0.692. The number of hydrogen-bond acceptors (Lipinski definition) is 4. The Bertz CT molecular complexity index is 918. The zero-order chi connectivity index (χ0) is 22.5. The number of fused-ring (bicyclic) bond motifs is 5. The highest BCUT2D eigenvalue weighted by Gasteiger charge is 2.60. The summed E-state index contributed by atoms with van der Waals surface area (Å²) < 4.78 is 0. The van der Waals surface area contributed by atoms with E-state index in [1.54, 1.807) is 6.20 Å². The molecule has 3 saturated carbocycles. The van der Waals surface area contributed by atoms with E-state index < -0.39 is 0 Å². The standard InChI is InChI=1S/C26H36N4O2/c1-25-11-8-21-19(5-7-22-26(21,2)12-9-24(32)30(22)3)20(25)6-4-17(25)14-23(31)28-15-18-10-13-27-16-29-18/h9-10,12-13,16-17,19-22H,4-8,11,14-15H2,1-3H3,(H,28,31)/t17-,19+,20+,21+,22-,25-,26-/m1/s1. The topological polar surface area (TPSA) is 75.2 Å². The average molecular weight is 437 g/mol. The van der Waals surface area contributed by atoms with Crippen LogP contribution in [-0.2, 0) is 16.1 Å². The first kappa shape index (κ1) is 21.6. The SMILES string of the molecule is CN1C(=O)C=C[C@]2(C)[C@H]3CC[C@]4(C)[C@@H](CC(=O)NCc5ccncn5)CC[C@H]4[C@@H]3CC[C@@H]12. The number of aromatic nitrogens is 2. The van der Waals surface area contributed by atoms with Gasteiger partial charge in [-0.1, -0.05) is 19.9 Å². The lowest BCUT2D eigenvalue weighted by atomic mass is 9.47. The molecule has 3 fully saturated rings. The number of amides is 2. The van der Waals surface area contributed by atoms with E-state index >= 15 is 0 Å².